The molecule has 0 amide bonds. The fourth-order valence-corrected chi connectivity index (χ4v) is 3.48. The molecule has 1 saturated carbocycles. The van der Waals surface area contributed by atoms with E-state index in [0.29, 0.717) is 23.0 Å². The molecule has 3 aromatic rings. The van der Waals surface area contributed by atoms with Crippen molar-refractivity contribution >= 4 is 17.1 Å². The van der Waals surface area contributed by atoms with Crippen LogP contribution in [-0.4, -0.2) is 16.3 Å². The lowest BCUT2D eigenvalue weighted by Crippen LogP contribution is -2.18. The van der Waals surface area contributed by atoms with Gasteiger partial charge >= 0.3 is 6.36 Å². The van der Waals surface area contributed by atoms with Crippen LogP contribution in [0.2, 0.25) is 0 Å². The number of benzene rings is 2. The fourth-order valence-electron chi connectivity index (χ4n) is 3.48. The van der Waals surface area contributed by atoms with Gasteiger partial charge < -0.3 is 10.1 Å². The summed E-state index contributed by atoms with van der Waals surface area (Å²) in [6.45, 7) is 16.4. The first kappa shape index (κ1) is 28.9. The van der Waals surface area contributed by atoms with Gasteiger partial charge in [-0.15, -0.1) is 13.2 Å². The van der Waals surface area contributed by atoms with Crippen LogP contribution in [0, 0.1) is 18.8 Å². The molecule has 0 aliphatic heterocycles. The summed E-state index contributed by atoms with van der Waals surface area (Å²) in [7, 11) is 0. The Morgan fingerprint density at radius 3 is 1.94 bits per heavy atom. The number of hydrogen-bond donors (Lipinski definition) is 1. The molecule has 4 rings (SSSR count). The molecule has 2 atom stereocenters. The minimum atomic E-state index is -4.72. The van der Waals surface area contributed by atoms with Crippen LogP contribution in [0.5, 0.6) is 5.75 Å². The third kappa shape index (κ3) is 8.40. The quantitative estimate of drug-likeness (QED) is 0.380. The number of ether oxygens (including phenoxy) is 1. The highest BCUT2D eigenvalue weighted by Gasteiger charge is 2.31. The number of aromatic nitrogens is 2. The van der Waals surface area contributed by atoms with Crippen LogP contribution < -0.4 is 10.1 Å². The molecule has 1 aromatic heterocycles. The van der Waals surface area contributed by atoms with Crippen LogP contribution >= 0.6 is 0 Å². The SMILES string of the molecule is C=C(C)c1nc(-c2ccccc2)nc(Nc2ccc(OC(F)(F)F)cc2)c1C.CC.CC1CC[C@H]1C. The van der Waals surface area contributed by atoms with E-state index in [-0.39, 0.29) is 5.75 Å². The number of alkyl halides is 3. The first-order chi connectivity index (χ1) is 17.0. The zero-order valence-electron chi connectivity index (χ0n) is 21.9. The van der Waals surface area contributed by atoms with E-state index in [4.69, 9.17) is 0 Å². The molecule has 7 heteroatoms. The van der Waals surface area contributed by atoms with Gasteiger partial charge in [-0.05, 0) is 55.5 Å². The fraction of sp³-hybridized carbons (Fsp3) is 0.379. The molecule has 0 spiro atoms. The maximum Gasteiger partial charge on any atom is 0.573 e. The van der Waals surface area contributed by atoms with Crippen molar-refractivity contribution in [1.82, 2.24) is 9.97 Å². The molecule has 0 bridgehead atoms. The number of hydrogen-bond acceptors (Lipinski definition) is 4. The van der Waals surface area contributed by atoms with Crippen molar-refractivity contribution in [2.24, 2.45) is 11.8 Å². The van der Waals surface area contributed by atoms with Crippen LogP contribution in [0.3, 0.4) is 0 Å². The van der Waals surface area contributed by atoms with Crippen LogP contribution in [0.4, 0.5) is 24.7 Å². The van der Waals surface area contributed by atoms with Crippen molar-refractivity contribution in [1.29, 1.82) is 0 Å². The molecule has 1 N–H and O–H groups in total. The van der Waals surface area contributed by atoms with Gasteiger partial charge in [0.15, 0.2) is 5.82 Å². The van der Waals surface area contributed by atoms with E-state index in [1.807, 2.05) is 58.0 Å². The van der Waals surface area contributed by atoms with Gasteiger partial charge in [-0.25, -0.2) is 9.97 Å². The van der Waals surface area contributed by atoms with E-state index in [1.165, 1.54) is 37.1 Å². The number of rotatable bonds is 5. The normalized spacial score (nSPS) is 16.4. The van der Waals surface area contributed by atoms with E-state index < -0.39 is 6.36 Å². The second-order valence-electron chi connectivity index (χ2n) is 8.74. The van der Waals surface area contributed by atoms with Crippen LogP contribution in [0.15, 0.2) is 61.2 Å². The maximum absolute atomic E-state index is 12.3. The Bertz CT molecular complexity index is 1110. The van der Waals surface area contributed by atoms with Crippen molar-refractivity contribution in [3.8, 4) is 17.1 Å². The smallest absolute Gasteiger partial charge is 0.406 e. The van der Waals surface area contributed by atoms with Gasteiger partial charge in [-0.2, -0.15) is 0 Å². The van der Waals surface area contributed by atoms with Crippen molar-refractivity contribution in [2.75, 3.05) is 5.32 Å². The second-order valence-corrected chi connectivity index (χ2v) is 8.74. The highest BCUT2D eigenvalue weighted by molar-refractivity contribution is 5.72. The molecule has 1 aliphatic carbocycles. The summed E-state index contributed by atoms with van der Waals surface area (Å²) in [5, 5.41) is 3.14. The summed E-state index contributed by atoms with van der Waals surface area (Å²) in [5.74, 6) is 2.86. The number of nitrogens with one attached hydrogen (secondary N) is 1. The molecule has 36 heavy (non-hydrogen) atoms. The number of nitrogens with zero attached hydrogens (tertiary/aromatic N) is 2. The van der Waals surface area contributed by atoms with Gasteiger partial charge in [0.25, 0.3) is 0 Å². The molecular weight excluding hydrogens is 463 g/mol. The lowest BCUT2D eigenvalue weighted by Gasteiger charge is -2.29. The van der Waals surface area contributed by atoms with Crippen molar-refractivity contribution in [3.63, 3.8) is 0 Å². The first-order valence-corrected chi connectivity index (χ1v) is 12.3. The third-order valence-electron chi connectivity index (χ3n) is 5.98. The van der Waals surface area contributed by atoms with Gasteiger partial charge in [0, 0.05) is 16.8 Å². The Morgan fingerprint density at radius 1 is 0.944 bits per heavy atom. The minimum absolute atomic E-state index is 0.287. The summed E-state index contributed by atoms with van der Waals surface area (Å²) < 4.78 is 40.8. The van der Waals surface area contributed by atoms with Crippen molar-refractivity contribution in [3.05, 3.63) is 72.4 Å². The molecule has 1 aliphatic rings. The van der Waals surface area contributed by atoms with E-state index in [2.05, 4.69) is 40.4 Å². The average Bonchev–Trinajstić information content (AvgIpc) is 2.86. The summed E-state index contributed by atoms with van der Waals surface area (Å²) >= 11 is 0. The summed E-state index contributed by atoms with van der Waals surface area (Å²) in [5.41, 5.74) is 3.72. The molecule has 0 saturated heterocycles. The van der Waals surface area contributed by atoms with Crippen LogP contribution in [0.25, 0.3) is 17.0 Å². The molecule has 4 nitrogen and oxygen atoms in total. The molecule has 0 radical (unpaired) electrons. The molecule has 194 valence electrons. The van der Waals surface area contributed by atoms with Gasteiger partial charge in [0.1, 0.15) is 11.6 Å². The highest BCUT2D eigenvalue weighted by Crippen LogP contribution is 2.32. The molecule has 1 fully saturated rings. The second kappa shape index (κ2) is 13.1. The lowest BCUT2D eigenvalue weighted by molar-refractivity contribution is -0.274. The van der Waals surface area contributed by atoms with Gasteiger partial charge in [0.2, 0.25) is 0 Å². The maximum atomic E-state index is 12.3. The Morgan fingerprint density at radius 2 is 1.50 bits per heavy atom. The molecule has 2 aromatic carbocycles. The predicted molar refractivity (Wildman–Crippen MR) is 142 cm³/mol. The molecular formula is C29H36F3N3O. The van der Waals surface area contributed by atoms with E-state index in [1.54, 1.807) is 0 Å². The third-order valence-corrected chi connectivity index (χ3v) is 5.98. The first-order valence-electron chi connectivity index (χ1n) is 12.3. The highest BCUT2D eigenvalue weighted by atomic mass is 19.4. The Labute approximate surface area is 212 Å². The Kier molecular flexibility index (Phi) is 10.5. The summed E-state index contributed by atoms with van der Waals surface area (Å²) in [4.78, 5) is 9.19. The van der Waals surface area contributed by atoms with E-state index in [0.717, 1.165) is 28.5 Å². The number of halogens is 3. The Balaban J connectivity index is 0.000000491. The summed E-state index contributed by atoms with van der Waals surface area (Å²) in [6.07, 6.45) is -1.78. The van der Waals surface area contributed by atoms with Gasteiger partial charge in [-0.1, -0.05) is 77.4 Å². The predicted octanol–water partition coefficient (Wildman–Crippen LogP) is 9.21. The van der Waals surface area contributed by atoms with E-state index >= 15 is 0 Å². The largest absolute Gasteiger partial charge is 0.573 e. The minimum Gasteiger partial charge on any atom is -0.406 e. The van der Waals surface area contributed by atoms with Crippen molar-refractivity contribution < 1.29 is 17.9 Å². The van der Waals surface area contributed by atoms with Crippen molar-refractivity contribution in [2.45, 2.75) is 60.7 Å². The van der Waals surface area contributed by atoms with Crippen LogP contribution in [0.1, 0.15) is 58.7 Å². The zero-order chi connectivity index (χ0) is 26.9. The average molecular weight is 500 g/mol. The van der Waals surface area contributed by atoms with Crippen LogP contribution in [-0.2, 0) is 0 Å². The standard InChI is InChI=1S/C21H18F3N3O.C6H12.C2H6/c1-13(2)18-14(3)19(27-20(26-18)15-7-5-4-6-8-15)25-16-9-11-17(12-10-16)28-21(22,23)24;1-5-3-4-6(5)2;1-2/h4-12H,1H2,2-3H3,(H,25,26,27);5-6H,3-4H2,1-2H3;1-2H3/t;5-,6?;/m.1./s1. The van der Waals surface area contributed by atoms with E-state index in [9.17, 15) is 13.2 Å². The van der Waals surface area contributed by atoms with Gasteiger partial charge in [0.05, 0.1) is 5.69 Å². The molecule has 1 unspecified atom stereocenters. The lowest BCUT2D eigenvalue weighted by atomic mass is 9.77. The monoisotopic (exact) mass is 499 g/mol. The zero-order valence-corrected chi connectivity index (χ0v) is 21.9. The Hall–Kier alpha value is -3.35. The topological polar surface area (TPSA) is 47.0 Å². The number of anilines is 2. The van der Waals surface area contributed by atoms with Gasteiger partial charge in [-0.3, -0.25) is 0 Å². The molecule has 1 heterocycles. The number of allylic oxidation sites excluding steroid dienone is 1. The summed E-state index contributed by atoms with van der Waals surface area (Å²) in [6, 6.07) is 15.0.